The third-order valence-corrected chi connectivity index (χ3v) is 4.18. The molecule has 0 aromatic carbocycles. The first-order valence-corrected chi connectivity index (χ1v) is 7.86. The van der Waals surface area contributed by atoms with Crippen LogP contribution < -0.4 is 5.32 Å². The predicted molar refractivity (Wildman–Crippen MR) is 76.6 cm³/mol. The molecule has 5 nitrogen and oxygen atoms in total. The standard InChI is InChI=1S/C15H25N3O2/c1-2-4-14(5-3-1)18-7-6-13(17-18)10-16-11-15-12-19-8-9-20-15/h6-7,14-16H,1-5,8-12H2. The van der Waals surface area contributed by atoms with E-state index in [0.29, 0.717) is 19.3 Å². The Hall–Kier alpha value is -0.910. The maximum Gasteiger partial charge on any atom is 0.0933 e. The SMILES string of the molecule is c1cn(C2CCCCC2)nc1CNCC1COCCO1. The average Bonchev–Trinajstić information content (AvgIpc) is 2.98. The van der Waals surface area contributed by atoms with Gasteiger partial charge in [-0.1, -0.05) is 19.3 Å². The third-order valence-electron chi connectivity index (χ3n) is 4.18. The summed E-state index contributed by atoms with van der Waals surface area (Å²) in [7, 11) is 0. The van der Waals surface area contributed by atoms with E-state index in [0.717, 1.165) is 25.4 Å². The Morgan fingerprint density at radius 2 is 2.15 bits per heavy atom. The van der Waals surface area contributed by atoms with Gasteiger partial charge in [-0.15, -0.1) is 0 Å². The molecule has 1 saturated carbocycles. The number of nitrogens with one attached hydrogen (secondary N) is 1. The van der Waals surface area contributed by atoms with Crippen LogP contribution in [0.5, 0.6) is 0 Å². The summed E-state index contributed by atoms with van der Waals surface area (Å²) >= 11 is 0. The number of aromatic nitrogens is 2. The average molecular weight is 279 g/mol. The van der Waals surface area contributed by atoms with E-state index in [-0.39, 0.29) is 6.10 Å². The second kappa shape index (κ2) is 7.20. The largest absolute Gasteiger partial charge is 0.376 e. The summed E-state index contributed by atoms with van der Waals surface area (Å²) in [6.07, 6.45) is 8.95. The molecule has 1 unspecified atom stereocenters. The number of ether oxygens (including phenoxy) is 2. The van der Waals surface area contributed by atoms with E-state index in [2.05, 4.69) is 22.3 Å². The van der Waals surface area contributed by atoms with Crippen LogP contribution in [-0.2, 0) is 16.0 Å². The van der Waals surface area contributed by atoms with Crippen molar-refractivity contribution >= 4 is 0 Å². The minimum Gasteiger partial charge on any atom is -0.376 e. The Kier molecular flexibility index (Phi) is 5.06. The van der Waals surface area contributed by atoms with Crippen molar-refractivity contribution in [1.29, 1.82) is 0 Å². The van der Waals surface area contributed by atoms with Crippen LogP contribution in [0.1, 0.15) is 43.8 Å². The number of rotatable bonds is 5. The highest BCUT2D eigenvalue weighted by molar-refractivity contribution is 4.99. The van der Waals surface area contributed by atoms with Gasteiger partial charge >= 0.3 is 0 Å². The molecule has 2 heterocycles. The first-order valence-electron chi connectivity index (χ1n) is 7.86. The van der Waals surface area contributed by atoms with E-state index in [4.69, 9.17) is 14.6 Å². The Morgan fingerprint density at radius 3 is 2.95 bits per heavy atom. The first kappa shape index (κ1) is 14.0. The van der Waals surface area contributed by atoms with Gasteiger partial charge in [-0.25, -0.2) is 0 Å². The van der Waals surface area contributed by atoms with E-state index in [1.54, 1.807) is 0 Å². The summed E-state index contributed by atoms with van der Waals surface area (Å²) in [4.78, 5) is 0. The van der Waals surface area contributed by atoms with Crippen LogP contribution in [0.2, 0.25) is 0 Å². The molecule has 3 rings (SSSR count). The van der Waals surface area contributed by atoms with Crippen LogP contribution in [0.3, 0.4) is 0 Å². The van der Waals surface area contributed by atoms with Crippen LogP contribution in [-0.4, -0.2) is 42.2 Å². The minimum absolute atomic E-state index is 0.184. The summed E-state index contributed by atoms with van der Waals surface area (Å²) in [5.74, 6) is 0. The molecule has 5 heteroatoms. The lowest BCUT2D eigenvalue weighted by atomic mass is 9.96. The van der Waals surface area contributed by atoms with Gasteiger partial charge < -0.3 is 14.8 Å². The topological polar surface area (TPSA) is 48.3 Å². The van der Waals surface area contributed by atoms with Gasteiger partial charge in [0.2, 0.25) is 0 Å². The van der Waals surface area contributed by atoms with Gasteiger partial charge in [0.05, 0.1) is 37.7 Å². The molecule has 0 spiro atoms. The van der Waals surface area contributed by atoms with Gasteiger partial charge in [0, 0.05) is 19.3 Å². The highest BCUT2D eigenvalue weighted by Gasteiger charge is 2.16. The van der Waals surface area contributed by atoms with Gasteiger partial charge in [0.25, 0.3) is 0 Å². The highest BCUT2D eigenvalue weighted by Crippen LogP contribution is 2.27. The molecule has 0 radical (unpaired) electrons. The number of nitrogens with zero attached hydrogens (tertiary/aromatic N) is 2. The summed E-state index contributed by atoms with van der Waals surface area (Å²) in [6.45, 7) is 3.77. The molecule has 1 aliphatic carbocycles. The van der Waals surface area contributed by atoms with Crippen LogP contribution >= 0.6 is 0 Å². The number of hydrogen-bond donors (Lipinski definition) is 1. The van der Waals surface area contributed by atoms with Crippen LogP contribution in [0.4, 0.5) is 0 Å². The molecule has 1 aliphatic heterocycles. The van der Waals surface area contributed by atoms with Gasteiger partial charge in [-0.05, 0) is 18.9 Å². The number of hydrogen-bond acceptors (Lipinski definition) is 4. The highest BCUT2D eigenvalue weighted by atomic mass is 16.6. The zero-order valence-corrected chi connectivity index (χ0v) is 12.1. The molecule has 1 aromatic heterocycles. The van der Waals surface area contributed by atoms with E-state index in [9.17, 15) is 0 Å². The molecule has 112 valence electrons. The molecule has 1 aromatic rings. The molecular weight excluding hydrogens is 254 g/mol. The quantitative estimate of drug-likeness (QED) is 0.894. The molecule has 2 aliphatic rings. The molecular formula is C15H25N3O2. The van der Waals surface area contributed by atoms with Crippen molar-refractivity contribution in [2.24, 2.45) is 0 Å². The lowest BCUT2D eigenvalue weighted by Gasteiger charge is -2.23. The maximum absolute atomic E-state index is 5.60. The monoisotopic (exact) mass is 279 g/mol. The summed E-state index contributed by atoms with van der Waals surface area (Å²) in [6, 6.07) is 2.74. The van der Waals surface area contributed by atoms with Gasteiger partial charge in [0.1, 0.15) is 0 Å². The Morgan fingerprint density at radius 1 is 1.25 bits per heavy atom. The fourth-order valence-corrected chi connectivity index (χ4v) is 3.04. The fourth-order valence-electron chi connectivity index (χ4n) is 3.04. The second-order valence-electron chi connectivity index (χ2n) is 5.78. The Labute approximate surface area is 120 Å². The van der Waals surface area contributed by atoms with E-state index >= 15 is 0 Å². The minimum atomic E-state index is 0.184. The van der Waals surface area contributed by atoms with Crippen LogP contribution in [0.15, 0.2) is 12.3 Å². The Bertz CT molecular complexity index is 396. The van der Waals surface area contributed by atoms with Gasteiger partial charge in [0.15, 0.2) is 0 Å². The van der Waals surface area contributed by atoms with E-state index in [1.165, 1.54) is 32.1 Å². The second-order valence-corrected chi connectivity index (χ2v) is 5.78. The van der Waals surface area contributed by atoms with Crippen molar-refractivity contribution in [2.45, 2.75) is 50.8 Å². The van der Waals surface area contributed by atoms with Gasteiger partial charge in [-0.2, -0.15) is 5.10 Å². The van der Waals surface area contributed by atoms with Crippen LogP contribution in [0, 0.1) is 0 Å². The molecule has 20 heavy (non-hydrogen) atoms. The zero-order valence-electron chi connectivity index (χ0n) is 12.1. The van der Waals surface area contributed by atoms with E-state index < -0.39 is 0 Å². The Balaban J connectivity index is 1.42. The smallest absolute Gasteiger partial charge is 0.0933 e. The van der Waals surface area contributed by atoms with Crippen molar-refractivity contribution in [3.8, 4) is 0 Å². The fraction of sp³-hybridized carbons (Fsp3) is 0.800. The lowest BCUT2D eigenvalue weighted by molar-refractivity contribution is -0.0864. The lowest BCUT2D eigenvalue weighted by Crippen LogP contribution is -2.37. The molecule has 1 N–H and O–H groups in total. The summed E-state index contributed by atoms with van der Waals surface area (Å²) < 4.78 is 13.1. The maximum atomic E-state index is 5.60. The molecule has 1 atom stereocenters. The van der Waals surface area contributed by atoms with Crippen molar-refractivity contribution in [3.05, 3.63) is 18.0 Å². The van der Waals surface area contributed by atoms with Crippen LogP contribution in [0.25, 0.3) is 0 Å². The normalized spacial score (nSPS) is 24.9. The molecule has 1 saturated heterocycles. The summed E-state index contributed by atoms with van der Waals surface area (Å²) in [5.41, 5.74) is 1.12. The zero-order chi connectivity index (χ0) is 13.6. The van der Waals surface area contributed by atoms with Gasteiger partial charge in [-0.3, -0.25) is 4.68 Å². The molecule has 0 bridgehead atoms. The molecule has 0 amide bonds. The van der Waals surface area contributed by atoms with Crippen molar-refractivity contribution in [2.75, 3.05) is 26.4 Å². The van der Waals surface area contributed by atoms with Crippen molar-refractivity contribution < 1.29 is 9.47 Å². The van der Waals surface area contributed by atoms with Crippen molar-refractivity contribution in [1.82, 2.24) is 15.1 Å². The van der Waals surface area contributed by atoms with Crippen molar-refractivity contribution in [3.63, 3.8) is 0 Å². The predicted octanol–water partition coefficient (Wildman–Crippen LogP) is 1.89. The van der Waals surface area contributed by atoms with E-state index in [1.807, 2.05) is 0 Å². The molecule has 2 fully saturated rings. The third kappa shape index (κ3) is 3.81. The summed E-state index contributed by atoms with van der Waals surface area (Å²) in [5, 5.41) is 8.11. The first-order chi connectivity index (χ1) is 9.92.